The molecule has 0 fully saturated rings. The molecule has 1 unspecified atom stereocenters. The first-order valence-corrected chi connectivity index (χ1v) is 5.38. The fourth-order valence-electron chi connectivity index (χ4n) is 1.72. The van der Waals surface area contributed by atoms with Crippen molar-refractivity contribution in [3.63, 3.8) is 0 Å². The van der Waals surface area contributed by atoms with Crippen LogP contribution in [0.25, 0.3) is 0 Å². The van der Waals surface area contributed by atoms with Gasteiger partial charge in [-0.25, -0.2) is 0 Å². The van der Waals surface area contributed by atoms with Crippen LogP contribution in [-0.2, 0) is 4.79 Å². The number of carboxylic acids is 1. The predicted molar refractivity (Wildman–Crippen MR) is 61.4 cm³/mol. The second kappa shape index (κ2) is 5.17. The van der Waals surface area contributed by atoms with Crippen molar-refractivity contribution in [3.05, 3.63) is 34.9 Å². The lowest BCUT2D eigenvalue weighted by atomic mass is 9.97. The summed E-state index contributed by atoms with van der Waals surface area (Å²) < 4.78 is 0. The number of hydrogen-bond acceptors (Lipinski definition) is 1. The van der Waals surface area contributed by atoms with Crippen LogP contribution >= 0.6 is 11.6 Å². The summed E-state index contributed by atoms with van der Waals surface area (Å²) in [6.45, 7) is 4.00. The molecule has 1 N–H and O–H groups in total. The molecule has 1 rings (SSSR count). The van der Waals surface area contributed by atoms with E-state index in [1.165, 1.54) is 0 Å². The minimum Gasteiger partial charge on any atom is -0.481 e. The summed E-state index contributed by atoms with van der Waals surface area (Å²) in [6, 6.07) is 5.98. The van der Waals surface area contributed by atoms with Gasteiger partial charge in [0.05, 0.1) is 5.38 Å². The van der Waals surface area contributed by atoms with Crippen LogP contribution in [-0.4, -0.2) is 11.1 Å². The van der Waals surface area contributed by atoms with Gasteiger partial charge in [0.25, 0.3) is 0 Å². The molecule has 82 valence electrons. The maximum Gasteiger partial charge on any atom is 0.303 e. The number of carboxylic acid groups (broad SMARTS) is 1. The maximum atomic E-state index is 10.4. The monoisotopic (exact) mass is 226 g/mol. The molecular formula is C12H15ClO2. The van der Waals surface area contributed by atoms with Crippen LogP contribution in [0.15, 0.2) is 18.2 Å². The fraction of sp³-hybridized carbons (Fsp3) is 0.417. The van der Waals surface area contributed by atoms with Crippen molar-refractivity contribution in [1.82, 2.24) is 0 Å². The molecule has 3 heteroatoms. The Morgan fingerprint density at radius 3 is 2.40 bits per heavy atom. The third kappa shape index (κ3) is 3.24. The summed E-state index contributed by atoms with van der Waals surface area (Å²) >= 11 is 6.20. The molecule has 0 aromatic heterocycles. The minimum absolute atomic E-state index is 0.113. The van der Waals surface area contributed by atoms with Crippen molar-refractivity contribution >= 4 is 17.6 Å². The zero-order valence-corrected chi connectivity index (χ0v) is 9.71. The highest BCUT2D eigenvalue weighted by Gasteiger charge is 2.14. The largest absolute Gasteiger partial charge is 0.481 e. The Hall–Kier alpha value is -1.02. The second-order valence-electron chi connectivity index (χ2n) is 3.71. The van der Waals surface area contributed by atoms with Gasteiger partial charge in [-0.05, 0) is 37.0 Å². The molecule has 0 radical (unpaired) electrons. The van der Waals surface area contributed by atoms with Crippen LogP contribution in [0, 0.1) is 13.8 Å². The average molecular weight is 227 g/mol. The van der Waals surface area contributed by atoms with E-state index in [0.29, 0.717) is 6.42 Å². The molecule has 2 nitrogen and oxygen atoms in total. The lowest BCUT2D eigenvalue weighted by Gasteiger charge is -2.14. The first-order chi connectivity index (χ1) is 7.02. The summed E-state index contributed by atoms with van der Waals surface area (Å²) in [5, 5.41) is 8.38. The quantitative estimate of drug-likeness (QED) is 0.799. The molecule has 0 aliphatic heterocycles. The second-order valence-corrected chi connectivity index (χ2v) is 4.23. The number of alkyl halides is 1. The van der Waals surface area contributed by atoms with Gasteiger partial charge in [0, 0.05) is 6.42 Å². The lowest BCUT2D eigenvalue weighted by molar-refractivity contribution is -0.137. The zero-order valence-electron chi connectivity index (χ0n) is 8.96. The van der Waals surface area contributed by atoms with Crippen molar-refractivity contribution in [2.45, 2.75) is 32.1 Å². The predicted octanol–water partition coefficient (Wildman–Crippen LogP) is 3.45. The van der Waals surface area contributed by atoms with E-state index in [0.717, 1.165) is 16.7 Å². The van der Waals surface area contributed by atoms with Crippen LogP contribution in [0.2, 0.25) is 0 Å². The van der Waals surface area contributed by atoms with Crippen LogP contribution in [0.4, 0.5) is 0 Å². The van der Waals surface area contributed by atoms with Gasteiger partial charge in [0.2, 0.25) is 0 Å². The van der Waals surface area contributed by atoms with E-state index in [1.807, 2.05) is 32.0 Å². The Kier molecular flexibility index (Phi) is 4.15. The van der Waals surface area contributed by atoms with E-state index >= 15 is 0 Å². The van der Waals surface area contributed by atoms with E-state index in [1.54, 1.807) is 0 Å². The Labute approximate surface area is 94.9 Å². The van der Waals surface area contributed by atoms with Crippen LogP contribution in [0.3, 0.4) is 0 Å². The number of aryl methyl sites for hydroxylation is 2. The smallest absolute Gasteiger partial charge is 0.303 e. The van der Waals surface area contributed by atoms with Gasteiger partial charge in [-0.3, -0.25) is 4.79 Å². The van der Waals surface area contributed by atoms with Gasteiger partial charge < -0.3 is 5.11 Å². The van der Waals surface area contributed by atoms with Crippen molar-refractivity contribution in [1.29, 1.82) is 0 Å². The summed E-state index contributed by atoms with van der Waals surface area (Å²) in [5.41, 5.74) is 3.32. The van der Waals surface area contributed by atoms with Crippen molar-refractivity contribution < 1.29 is 9.90 Å². The summed E-state index contributed by atoms with van der Waals surface area (Å²) in [6.07, 6.45) is 0.588. The molecule has 0 spiro atoms. The first-order valence-electron chi connectivity index (χ1n) is 4.94. The van der Waals surface area contributed by atoms with Crippen molar-refractivity contribution in [3.8, 4) is 0 Å². The standard InChI is InChI=1S/C12H15ClO2/c1-8-4-3-5-9(2)12(8)10(13)6-7-11(14)15/h3-5,10H,6-7H2,1-2H3,(H,14,15). The minimum atomic E-state index is -0.799. The maximum absolute atomic E-state index is 10.4. The van der Waals surface area contributed by atoms with Gasteiger partial charge in [-0.15, -0.1) is 11.6 Å². The van der Waals surface area contributed by atoms with Crippen LogP contribution in [0.5, 0.6) is 0 Å². The Bertz CT molecular complexity index is 340. The van der Waals surface area contributed by atoms with Gasteiger partial charge in [0.1, 0.15) is 0 Å². The zero-order chi connectivity index (χ0) is 11.4. The topological polar surface area (TPSA) is 37.3 Å². The molecule has 0 saturated carbocycles. The third-order valence-corrected chi connectivity index (χ3v) is 2.90. The van der Waals surface area contributed by atoms with Gasteiger partial charge >= 0.3 is 5.97 Å². The summed E-state index contributed by atoms with van der Waals surface area (Å²) in [7, 11) is 0. The van der Waals surface area contributed by atoms with E-state index in [2.05, 4.69) is 0 Å². The Balaban J connectivity index is 2.81. The molecule has 1 atom stereocenters. The molecule has 0 aliphatic carbocycles. The molecule has 1 aromatic carbocycles. The molecule has 0 saturated heterocycles. The number of rotatable bonds is 4. The summed E-state index contributed by atoms with van der Waals surface area (Å²) in [5.74, 6) is -0.799. The third-order valence-electron chi connectivity index (χ3n) is 2.47. The molecule has 0 bridgehead atoms. The van der Waals surface area contributed by atoms with Crippen molar-refractivity contribution in [2.75, 3.05) is 0 Å². The molecule has 0 heterocycles. The highest BCUT2D eigenvalue weighted by atomic mass is 35.5. The molecule has 1 aromatic rings. The normalized spacial score (nSPS) is 12.5. The molecule has 0 aliphatic rings. The van der Waals surface area contributed by atoms with Gasteiger partial charge in [0.15, 0.2) is 0 Å². The fourth-order valence-corrected chi connectivity index (χ4v) is 2.17. The number of aliphatic carboxylic acids is 1. The van der Waals surface area contributed by atoms with Crippen LogP contribution in [0.1, 0.15) is 34.9 Å². The van der Waals surface area contributed by atoms with Gasteiger partial charge in [-0.2, -0.15) is 0 Å². The Morgan fingerprint density at radius 1 is 1.40 bits per heavy atom. The average Bonchev–Trinajstić information content (AvgIpc) is 2.14. The molecular weight excluding hydrogens is 212 g/mol. The number of benzene rings is 1. The van der Waals surface area contributed by atoms with E-state index in [4.69, 9.17) is 16.7 Å². The number of hydrogen-bond donors (Lipinski definition) is 1. The van der Waals surface area contributed by atoms with E-state index in [-0.39, 0.29) is 11.8 Å². The number of halogens is 1. The van der Waals surface area contributed by atoms with E-state index in [9.17, 15) is 4.79 Å². The lowest BCUT2D eigenvalue weighted by Crippen LogP contribution is -2.01. The highest BCUT2D eigenvalue weighted by Crippen LogP contribution is 2.30. The molecule has 15 heavy (non-hydrogen) atoms. The van der Waals surface area contributed by atoms with Gasteiger partial charge in [-0.1, -0.05) is 18.2 Å². The first kappa shape index (κ1) is 12.1. The summed E-state index contributed by atoms with van der Waals surface area (Å²) in [4.78, 5) is 10.4. The SMILES string of the molecule is Cc1cccc(C)c1C(Cl)CCC(=O)O. The molecule has 0 amide bonds. The number of carbonyl (C=O) groups is 1. The highest BCUT2D eigenvalue weighted by molar-refractivity contribution is 6.21. The van der Waals surface area contributed by atoms with E-state index < -0.39 is 5.97 Å². The Morgan fingerprint density at radius 2 is 1.93 bits per heavy atom. The van der Waals surface area contributed by atoms with Crippen molar-refractivity contribution in [2.24, 2.45) is 0 Å². The van der Waals surface area contributed by atoms with Crippen LogP contribution < -0.4 is 0 Å².